The molecular formula is C26H28O8. The third-order valence-corrected chi connectivity index (χ3v) is 4.84. The van der Waals surface area contributed by atoms with Gasteiger partial charge in [0.15, 0.2) is 23.0 Å². The van der Waals surface area contributed by atoms with E-state index in [-0.39, 0.29) is 5.75 Å². The molecule has 4 rings (SSSR count). The van der Waals surface area contributed by atoms with Crippen molar-refractivity contribution in [2.75, 3.05) is 35.0 Å². The maximum atomic E-state index is 9.73. The van der Waals surface area contributed by atoms with Crippen molar-refractivity contribution in [3.05, 3.63) is 61.1 Å². The molecule has 2 aromatic heterocycles. The van der Waals surface area contributed by atoms with Gasteiger partial charge in [-0.1, -0.05) is 0 Å². The normalized spacial score (nSPS) is 10.1. The first kappa shape index (κ1) is 24.4. The summed E-state index contributed by atoms with van der Waals surface area (Å²) in [7, 11) is 6.17. The van der Waals surface area contributed by atoms with E-state index < -0.39 is 0 Å². The Kier molecular flexibility index (Phi) is 8.34. The summed E-state index contributed by atoms with van der Waals surface area (Å²) in [5, 5.41) is 9.73. The van der Waals surface area contributed by atoms with E-state index >= 15 is 0 Å². The lowest BCUT2D eigenvalue weighted by atomic mass is 10.1. The van der Waals surface area contributed by atoms with E-state index in [0.29, 0.717) is 41.1 Å². The first-order valence-electron chi connectivity index (χ1n) is 10.5. The van der Waals surface area contributed by atoms with Gasteiger partial charge in [-0.15, -0.1) is 0 Å². The van der Waals surface area contributed by atoms with Crippen LogP contribution in [0, 0.1) is 0 Å². The summed E-state index contributed by atoms with van der Waals surface area (Å²) in [6.07, 6.45) is 3.21. The fourth-order valence-corrected chi connectivity index (χ4v) is 3.23. The molecule has 8 heteroatoms. The zero-order valence-corrected chi connectivity index (χ0v) is 19.8. The number of phenols is 1. The maximum Gasteiger partial charge on any atom is 0.203 e. The molecule has 0 saturated heterocycles. The van der Waals surface area contributed by atoms with Crippen molar-refractivity contribution < 1.29 is 37.6 Å². The predicted octanol–water partition coefficient (Wildman–Crippen LogP) is 6.03. The summed E-state index contributed by atoms with van der Waals surface area (Å²) in [6, 6.07) is 14.5. The molecule has 0 unspecified atom stereocenters. The first-order chi connectivity index (χ1) is 16.6. The van der Waals surface area contributed by atoms with Crippen molar-refractivity contribution in [2.45, 2.75) is 6.92 Å². The van der Waals surface area contributed by atoms with Crippen LogP contribution in [-0.2, 0) is 0 Å². The van der Waals surface area contributed by atoms with Crippen LogP contribution in [-0.4, -0.2) is 40.2 Å². The van der Waals surface area contributed by atoms with Gasteiger partial charge in [-0.05, 0) is 55.5 Å². The highest BCUT2D eigenvalue weighted by Crippen LogP contribution is 2.42. The van der Waals surface area contributed by atoms with Crippen LogP contribution in [0.15, 0.2) is 69.9 Å². The Labute approximate surface area is 198 Å². The minimum atomic E-state index is -0.0136. The Morgan fingerprint density at radius 3 is 1.41 bits per heavy atom. The van der Waals surface area contributed by atoms with Crippen molar-refractivity contribution in [2.24, 2.45) is 0 Å². The third kappa shape index (κ3) is 5.40. The van der Waals surface area contributed by atoms with E-state index in [9.17, 15) is 5.11 Å². The summed E-state index contributed by atoms with van der Waals surface area (Å²) in [4.78, 5) is 0. The molecule has 0 aliphatic heterocycles. The van der Waals surface area contributed by atoms with Gasteiger partial charge < -0.3 is 37.6 Å². The molecule has 0 aliphatic rings. The summed E-state index contributed by atoms with van der Waals surface area (Å²) in [6.45, 7) is 2.46. The van der Waals surface area contributed by atoms with Crippen molar-refractivity contribution >= 4 is 0 Å². The molecule has 180 valence electrons. The van der Waals surface area contributed by atoms with E-state index in [1.807, 2.05) is 37.3 Å². The largest absolute Gasteiger partial charge is 0.502 e. The van der Waals surface area contributed by atoms with Crippen molar-refractivity contribution in [1.29, 1.82) is 0 Å². The highest BCUT2D eigenvalue weighted by molar-refractivity contribution is 5.68. The van der Waals surface area contributed by atoms with Gasteiger partial charge in [0.2, 0.25) is 11.5 Å². The second kappa shape index (κ2) is 11.6. The molecule has 2 aromatic carbocycles. The maximum absolute atomic E-state index is 9.73. The molecule has 0 radical (unpaired) electrons. The van der Waals surface area contributed by atoms with Crippen LogP contribution in [0.5, 0.6) is 34.5 Å². The number of hydrogen-bond acceptors (Lipinski definition) is 8. The van der Waals surface area contributed by atoms with Crippen LogP contribution in [0.2, 0.25) is 0 Å². The van der Waals surface area contributed by atoms with E-state index in [0.717, 1.165) is 16.9 Å². The van der Waals surface area contributed by atoms with Gasteiger partial charge in [-0.3, -0.25) is 0 Å². The van der Waals surface area contributed by atoms with Crippen molar-refractivity contribution in [1.82, 2.24) is 0 Å². The smallest absolute Gasteiger partial charge is 0.203 e. The molecular weight excluding hydrogens is 440 g/mol. The van der Waals surface area contributed by atoms with Gasteiger partial charge in [0.25, 0.3) is 0 Å². The van der Waals surface area contributed by atoms with Crippen LogP contribution in [0.4, 0.5) is 0 Å². The topological polar surface area (TPSA) is 92.7 Å². The molecule has 2 heterocycles. The fourth-order valence-electron chi connectivity index (χ4n) is 3.23. The molecule has 8 nitrogen and oxygen atoms in total. The summed E-state index contributed by atoms with van der Waals surface area (Å²) in [5.41, 5.74) is 1.67. The van der Waals surface area contributed by atoms with Crippen LogP contribution in [0.1, 0.15) is 6.92 Å². The highest BCUT2D eigenvalue weighted by Gasteiger charge is 2.16. The van der Waals surface area contributed by atoms with E-state index in [1.165, 1.54) is 14.2 Å². The molecule has 0 saturated carbocycles. The first-order valence-corrected chi connectivity index (χ1v) is 10.5. The molecule has 0 amide bonds. The number of furan rings is 2. The Hall–Kier alpha value is -4.20. The van der Waals surface area contributed by atoms with Gasteiger partial charge in [0, 0.05) is 11.1 Å². The lowest BCUT2D eigenvalue weighted by Crippen LogP contribution is -1.99. The van der Waals surface area contributed by atoms with Gasteiger partial charge in [0.05, 0.1) is 47.6 Å². The van der Waals surface area contributed by atoms with Crippen LogP contribution >= 0.6 is 0 Å². The predicted molar refractivity (Wildman–Crippen MR) is 127 cm³/mol. The average molecular weight is 469 g/mol. The van der Waals surface area contributed by atoms with Gasteiger partial charge in [-0.25, -0.2) is 0 Å². The number of benzene rings is 2. The van der Waals surface area contributed by atoms with E-state index in [1.54, 1.807) is 44.9 Å². The Bertz CT molecular complexity index is 1110. The van der Waals surface area contributed by atoms with Crippen LogP contribution in [0.3, 0.4) is 0 Å². The number of aromatic hydroxyl groups is 1. The minimum absolute atomic E-state index is 0.0136. The Morgan fingerprint density at radius 1 is 0.676 bits per heavy atom. The summed E-state index contributed by atoms with van der Waals surface area (Å²) < 4.78 is 36.9. The summed E-state index contributed by atoms with van der Waals surface area (Å²) in [5.74, 6) is 4.01. The Balaban J connectivity index is 0.000000192. The highest BCUT2D eigenvalue weighted by atomic mass is 16.5. The molecule has 34 heavy (non-hydrogen) atoms. The molecule has 0 atom stereocenters. The zero-order chi connectivity index (χ0) is 24.5. The van der Waals surface area contributed by atoms with Crippen LogP contribution < -0.4 is 23.7 Å². The third-order valence-electron chi connectivity index (χ3n) is 4.84. The number of ether oxygens (including phenoxy) is 5. The summed E-state index contributed by atoms with van der Waals surface area (Å²) >= 11 is 0. The molecule has 4 aromatic rings. The van der Waals surface area contributed by atoms with Gasteiger partial charge in [0.1, 0.15) is 11.5 Å². The second-order valence-corrected chi connectivity index (χ2v) is 6.83. The lowest BCUT2D eigenvalue weighted by Gasteiger charge is -2.14. The Morgan fingerprint density at radius 2 is 1.09 bits per heavy atom. The monoisotopic (exact) mass is 468 g/mol. The fraction of sp³-hybridized carbons (Fsp3) is 0.231. The van der Waals surface area contributed by atoms with Crippen molar-refractivity contribution in [3.8, 4) is 57.1 Å². The zero-order valence-electron chi connectivity index (χ0n) is 19.8. The quantitative estimate of drug-likeness (QED) is 0.335. The molecule has 0 spiro atoms. The molecule has 0 aliphatic carbocycles. The average Bonchev–Trinajstić information content (AvgIpc) is 3.60. The van der Waals surface area contributed by atoms with Gasteiger partial charge >= 0.3 is 0 Å². The second-order valence-electron chi connectivity index (χ2n) is 6.83. The van der Waals surface area contributed by atoms with E-state index in [4.69, 9.17) is 32.5 Å². The lowest BCUT2D eigenvalue weighted by molar-refractivity contribution is 0.288. The van der Waals surface area contributed by atoms with E-state index in [2.05, 4.69) is 0 Å². The van der Waals surface area contributed by atoms with Crippen LogP contribution in [0.25, 0.3) is 22.6 Å². The molecule has 0 fully saturated rings. The SMILES string of the molecule is CCOc1c(OC)cc(-c2ccco2)cc1OC.COc1cc(-c2ccco2)cc(OC)c1O. The number of phenolic OH excluding ortho intramolecular Hbond substituents is 1. The number of hydrogen-bond donors (Lipinski definition) is 1. The van der Waals surface area contributed by atoms with Gasteiger partial charge in [-0.2, -0.15) is 0 Å². The molecule has 1 N–H and O–H groups in total. The number of methoxy groups -OCH3 is 4. The minimum Gasteiger partial charge on any atom is -0.502 e. The standard InChI is InChI=1S/C14H16O4.C12H12O4/c1-4-17-14-12(15-2)8-10(9-13(14)16-3)11-6-5-7-18-11;1-14-10-6-8(9-4-3-5-16-9)7-11(15-2)12(10)13/h5-9H,4H2,1-3H3;3-7,13H,1-2H3. The molecule has 0 bridgehead atoms. The van der Waals surface area contributed by atoms with Crippen molar-refractivity contribution in [3.63, 3.8) is 0 Å². The number of rotatable bonds is 8.